The maximum atomic E-state index is 16.4. The quantitative estimate of drug-likeness (QED) is 0.0664. The lowest BCUT2D eigenvalue weighted by molar-refractivity contribution is -0.135. The van der Waals surface area contributed by atoms with Gasteiger partial charge in [0.2, 0.25) is 23.6 Å². The number of anilines is 2. The number of hydrogen-bond donors (Lipinski definition) is 5. The predicted molar refractivity (Wildman–Crippen MR) is 251 cm³/mol. The van der Waals surface area contributed by atoms with Crippen molar-refractivity contribution in [2.24, 2.45) is 12.5 Å². The number of carbonyl (C=O) groups is 5. The molecular formula is C50H52Cl2FN7O6. The molecule has 2 spiro atoms. The predicted octanol–water partition coefficient (Wildman–Crippen LogP) is 7.83. The van der Waals surface area contributed by atoms with Gasteiger partial charge in [-0.15, -0.1) is 0 Å². The number of imidazole rings is 1. The van der Waals surface area contributed by atoms with Gasteiger partial charge >= 0.3 is 5.69 Å². The molecule has 4 aliphatic rings. The molecule has 1 aliphatic carbocycles. The number of carbonyl (C=O) groups excluding carboxylic acids is 5. The highest BCUT2D eigenvalue weighted by Crippen LogP contribution is 2.64. The molecule has 344 valence electrons. The van der Waals surface area contributed by atoms with E-state index in [1.807, 2.05) is 24.3 Å². The number of imide groups is 1. The number of hydrogen-bond acceptors (Lipinski definition) is 7. The van der Waals surface area contributed by atoms with Gasteiger partial charge in [-0.05, 0) is 128 Å². The molecule has 2 saturated heterocycles. The van der Waals surface area contributed by atoms with Crippen LogP contribution in [0.15, 0.2) is 83.7 Å². The molecule has 3 fully saturated rings. The third-order valence-corrected chi connectivity index (χ3v) is 15.1. The number of nitrogens with one attached hydrogen (secondary N) is 5. The maximum Gasteiger partial charge on any atom is 0.329 e. The second kappa shape index (κ2) is 17.4. The number of piperidine rings is 1. The lowest BCUT2D eigenvalue weighted by atomic mass is 9.53. The van der Waals surface area contributed by atoms with Crippen molar-refractivity contribution >= 4 is 75.1 Å². The molecule has 1 aromatic heterocycles. The monoisotopic (exact) mass is 935 g/mol. The third-order valence-electron chi connectivity index (χ3n) is 14.6. The van der Waals surface area contributed by atoms with Crippen molar-refractivity contribution in [1.29, 1.82) is 0 Å². The summed E-state index contributed by atoms with van der Waals surface area (Å²) in [5, 5.41) is 15.4. The Hall–Kier alpha value is -5.83. The van der Waals surface area contributed by atoms with Gasteiger partial charge in [0.05, 0.1) is 22.1 Å². The first-order valence-electron chi connectivity index (χ1n) is 22.6. The standard InChI is InChI=1S/C50H52Cl2FN7O6/c1-48(2)21-23-49(24-22-48)50(33-17-14-30(51)27-35(33)56-46(50)65)40(32-9-7-10-34(52)41(32)53)42(58-49)45(64)55-31-15-12-29(13-16-31)43(62)54-25-6-4-5-8-28-11-18-36-38(26-28)59(3)47(66)60(36)37-19-20-39(61)57-44(37)63/h7,9-18,26-27,37,40,42,58H,4-6,8,19-25H2,1-3H3,(H,54,62)(H,55,64)(H,56,65)(H,57,61,63)/t37?,40-,42+,50+/m0/s1. The Kier molecular flexibility index (Phi) is 12.0. The van der Waals surface area contributed by atoms with Crippen LogP contribution in [0.4, 0.5) is 15.8 Å². The molecule has 0 radical (unpaired) electrons. The van der Waals surface area contributed by atoms with E-state index in [9.17, 15) is 28.8 Å². The Morgan fingerprint density at radius 2 is 1.62 bits per heavy atom. The smallest absolute Gasteiger partial charge is 0.329 e. The minimum absolute atomic E-state index is 0.00370. The van der Waals surface area contributed by atoms with Crippen LogP contribution >= 0.6 is 23.2 Å². The Bertz CT molecular complexity index is 2870. The third kappa shape index (κ3) is 7.80. The molecule has 66 heavy (non-hydrogen) atoms. The summed E-state index contributed by atoms with van der Waals surface area (Å²) in [4.78, 5) is 80.0. The topological polar surface area (TPSA) is 172 Å². The van der Waals surface area contributed by atoms with Gasteiger partial charge in [0.25, 0.3) is 5.91 Å². The van der Waals surface area contributed by atoms with Gasteiger partial charge in [-0.1, -0.05) is 67.7 Å². The van der Waals surface area contributed by atoms with E-state index in [0.717, 1.165) is 44.1 Å². The van der Waals surface area contributed by atoms with Crippen LogP contribution in [-0.2, 0) is 38.1 Å². The molecule has 1 saturated carbocycles. The summed E-state index contributed by atoms with van der Waals surface area (Å²) in [7, 11) is 1.67. The van der Waals surface area contributed by atoms with Gasteiger partial charge < -0.3 is 16.0 Å². The molecule has 4 atom stereocenters. The van der Waals surface area contributed by atoms with Crippen LogP contribution in [0.25, 0.3) is 11.0 Å². The van der Waals surface area contributed by atoms with Crippen molar-refractivity contribution in [1.82, 2.24) is 25.1 Å². The number of halogens is 3. The van der Waals surface area contributed by atoms with E-state index in [1.54, 1.807) is 55.6 Å². The van der Waals surface area contributed by atoms with Gasteiger partial charge in [0.1, 0.15) is 17.3 Å². The number of unbranched alkanes of at least 4 members (excludes halogenated alkanes) is 2. The first-order chi connectivity index (χ1) is 31.5. The Morgan fingerprint density at radius 1 is 0.864 bits per heavy atom. The number of benzene rings is 4. The molecule has 5 N–H and O–H groups in total. The zero-order valence-electron chi connectivity index (χ0n) is 37.0. The van der Waals surface area contributed by atoms with Crippen LogP contribution in [0.5, 0.6) is 0 Å². The van der Waals surface area contributed by atoms with Crippen molar-refractivity contribution in [3.63, 3.8) is 0 Å². The summed E-state index contributed by atoms with van der Waals surface area (Å²) in [5.74, 6) is -3.53. The first-order valence-corrected chi connectivity index (χ1v) is 23.3. The van der Waals surface area contributed by atoms with Crippen molar-refractivity contribution in [2.75, 3.05) is 17.2 Å². The molecule has 0 bridgehead atoms. The van der Waals surface area contributed by atoms with Crippen molar-refractivity contribution in [2.45, 2.75) is 107 Å². The van der Waals surface area contributed by atoms with E-state index >= 15 is 4.39 Å². The van der Waals surface area contributed by atoms with Gasteiger partial charge in [0, 0.05) is 53.4 Å². The van der Waals surface area contributed by atoms with Crippen LogP contribution in [0.2, 0.25) is 10.0 Å². The molecule has 1 unspecified atom stereocenters. The van der Waals surface area contributed by atoms with Gasteiger partial charge in [0.15, 0.2) is 0 Å². The zero-order valence-corrected chi connectivity index (χ0v) is 38.5. The van der Waals surface area contributed by atoms with Crippen LogP contribution < -0.4 is 32.3 Å². The highest BCUT2D eigenvalue weighted by Gasteiger charge is 2.73. The van der Waals surface area contributed by atoms with E-state index in [1.165, 1.54) is 15.2 Å². The van der Waals surface area contributed by atoms with Crippen molar-refractivity contribution < 1.29 is 28.4 Å². The minimum Gasteiger partial charge on any atom is -0.352 e. The Balaban J connectivity index is 0.851. The first kappa shape index (κ1) is 45.3. The molecule has 4 aromatic carbocycles. The molecule has 5 aromatic rings. The van der Waals surface area contributed by atoms with E-state index < -0.39 is 46.6 Å². The Morgan fingerprint density at radius 3 is 2.36 bits per heavy atom. The molecule has 9 rings (SSSR count). The molecule has 16 heteroatoms. The number of rotatable bonds is 11. The molecule has 5 amide bonds. The molecule has 4 heterocycles. The Labute approximate surface area is 391 Å². The average molecular weight is 937 g/mol. The normalized spacial score (nSPS) is 22.9. The molecule has 3 aliphatic heterocycles. The highest BCUT2D eigenvalue weighted by atomic mass is 35.5. The van der Waals surface area contributed by atoms with Crippen molar-refractivity contribution in [3.05, 3.63) is 127 Å². The summed E-state index contributed by atoms with van der Waals surface area (Å²) in [6.45, 7) is 4.84. The molecular weight excluding hydrogens is 884 g/mol. The highest BCUT2D eigenvalue weighted by molar-refractivity contribution is 6.31. The number of aromatic nitrogens is 2. The minimum atomic E-state index is -1.39. The summed E-state index contributed by atoms with van der Waals surface area (Å²) < 4.78 is 19.4. The lowest BCUT2D eigenvalue weighted by Crippen LogP contribution is -2.61. The number of fused-ring (bicyclic) bond motifs is 4. The summed E-state index contributed by atoms with van der Waals surface area (Å²) in [6, 6.07) is 20.5. The number of amides is 5. The summed E-state index contributed by atoms with van der Waals surface area (Å²) in [6.07, 6.45) is 6.32. The summed E-state index contributed by atoms with van der Waals surface area (Å²) in [5.41, 5.74) is 1.98. The fourth-order valence-corrected chi connectivity index (χ4v) is 11.4. The van der Waals surface area contributed by atoms with Crippen molar-refractivity contribution in [3.8, 4) is 0 Å². The fourth-order valence-electron chi connectivity index (χ4n) is 11.1. The largest absolute Gasteiger partial charge is 0.352 e. The van der Waals surface area contributed by atoms with Crippen LogP contribution in [0, 0.1) is 11.2 Å². The maximum absolute atomic E-state index is 16.4. The second-order valence-electron chi connectivity index (χ2n) is 19.1. The molecule has 13 nitrogen and oxygen atoms in total. The number of nitrogens with zero attached hydrogens (tertiary/aromatic N) is 2. The summed E-state index contributed by atoms with van der Waals surface area (Å²) >= 11 is 12.8. The average Bonchev–Trinajstić information content (AvgIpc) is 3.84. The van der Waals surface area contributed by atoms with E-state index in [-0.39, 0.29) is 52.3 Å². The van der Waals surface area contributed by atoms with Crippen LogP contribution in [0.3, 0.4) is 0 Å². The lowest BCUT2D eigenvalue weighted by Gasteiger charge is -2.50. The van der Waals surface area contributed by atoms with E-state index in [4.69, 9.17) is 23.2 Å². The van der Waals surface area contributed by atoms with E-state index in [2.05, 4.69) is 40.4 Å². The van der Waals surface area contributed by atoms with Crippen LogP contribution in [-0.4, -0.2) is 56.8 Å². The van der Waals surface area contributed by atoms with Gasteiger partial charge in [-0.2, -0.15) is 0 Å². The second-order valence-corrected chi connectivity index (χ2v) is 19.9. The van der Waals surface area contributed by atoms with E-state index in [0.29, 0.717) is 57.9 Å². The van der Waals surface area contributed by atoms with Gasteiger partial charge in [-0.3, -0.25) is 43.7 Å². The fraction of sp³-hybridized carbons (Fsp3) is 0.400. The van der Waals surface area contributed by atoms with Crippen LogP contribution in [0.1, 0.15) is 111 Å². The van der Waals surface area contributed by atoms with Gasteiger partial charge in [-0.25, -0.2) is 9.18 Å². The number of aryl methyl sites for hydroxylation is 2. The zero-order chi connectivity index (χ0) is 46.7. The SMILES string of the molecule is Cn1c(=O)n(C2CCC(=O)NC2=O)c2ccc(CCCCCNC(=O)c3ccc(NC(=O)[C@@H]4NC5(CCC(C)(C)CC5)[C@@]5(C(=O)Nc6cc(Cl)ccc65)[C@H]4c4cccc(Cl)c4F)cc3)cc21.